The highest BCUT2D eigenvalue weighted by atomic mass is 19.1. The molecule has 0 unspecified atom stereocenters. The van der Waals surface area contributed by atoms with Gasteiger partial charge in [0.25, 0.3) is 5.91 Å². The van der Waals surface area contributed by atoms with Gasteiger partial charge in [-0.25, -0.2) is 14.4 Å². The Morgan fingerprint density at radius 1 is 1.24 bits per heavy atom. The molecule has 3 heterocycles. The first kappa shape index (κ1) is 18.7. The molecule has 1 fully saturated rings. The predicted octanol–water partition coefficient (Wildman–Crippen LogP) is 2.24. The first-order valence-electron chi connectivity index (χ1n) is 9.07. The van der Waals surface area contributed by atoms with Crippen molar-refractivity contribution in [3.63, 3.8) is 0 Å². The highest BCUT2D eigenvalue weighted by Gasteiger charge is 2.43. The molecule has 2 atom stereocenters. The van der Waals surface area contributed by atoms with Gasteiger partial charge in [-0.15, -0.1) is 0 Å². The van der Waals surface area contributed by atoms with Crippen LogP contribution in [0.5, 0.6) is 0 Å². The van der Waals surface area contributed by atoms with Crippen molar-refractivity contribution in [3.05, 3.63) is 41.9 Å². The maximum Gasteiger partial charge on any atom is 0.252 e. The van der Waals surface area contributed by atoms with Crippen molar-refractivity contribution in [2.24, 2.45) is 5.92 Å². The van der Waals surface area contributed by atoms with E-state index in [0.717, 1.165) is 5.56 Å². The summed E-state index contributed by atoms with van der Waals surface area (Å²) >= 11 is 0. The Labute approximate surface area is 165 Å². The Bertz CT molecular complexity index is 1150. The lowest BCUT2D eigenvalue weighted by Gasteiger charge is -2.12. The quantitative estimate of drug-likeness (QED) is 0.624. The number of alkyl halides is 1. The molecule has 2 amide bonds. The molecule has 0 aliphatic heterocycles. The first-order valence-corrected chi connectivity index (χ1v) is 9.07. The van der Waals surface area contributed by atoms with Crippen LogP contribution < -0.4 is 16.4 Å². The Morgan fingerprint density at radius 3 is 2.69 bits per heavy atom. The summed E-state index contributed by atoms with van der Waals surface area (Å²) in [5.74, 6) is -0.659. The van der Waals surface area contributed by atoms with E-state index in [4.69, 9.17) is 5.73 Å². The number of nitrogens with two attached hydrogens (primary N) is 1. The number of pyridine rings is 3. The number of hydrogen-bond donors (Lipinski definition) is 3. The average molecular weight is 394 g/mol. The van der Waals surface area contributed by atoms with Gasteiger partial charge in [-0.05, 0) is 36.4 Å². The van der Waals surface area contributed by atoms with E-state index < -0.39 is 12.1 Å². The van der Waals surface area contributed by atoms with Gasteiger partial charge in [-0.3, -0.25) is 14.6 Å². The van der Waals surface area contributed by atoms with Crippen LogP contribution >= 0.6 is 0 Å². The maximum atomic E-state index is 13.1. The Kier molecular flexibility index (Phi) is 4.57. The molecule has 0 radical (unpaired) electrons. The van der Waals surface area contributed by atoms with Gasteiger partial charge in [0.05, 0.1) is 17.2 Å². The van der Waals surface area contributed by atoms with Gasteiger partial charge in [0.1, 0.15) is 17.8 Å². The molecule has 0 spiro atoms. The third-order valence-electron chi connectivity index (χ3n) is 5.01. The van der Waals surface area contributed by atoms with E-state index in [2.05, 4.69) is 25.6 Å². The number of hydrogen-bond acceptors (Lipinski definition) is 6. The number of nitrogens with one attached hydrogen (secondary N) is 2. The van der Waals surface area contributed by atoms with E-state index in [0.29, 0.717) is 33.4 Å². The van der Waals surface area contributed by atoms with Crippen LogP contribution in [0.15, 0.2) is 30.7 Å². The van der Waals surface area contributed by atoms with Gasteiger partial charge >= 0.3 is 0 Å². The fraction of sp³-hybridized carbons (Fsp3) is 0.250. The Morgan fingerprint density at radius 2 is 2.00 bits per heavy atom. The van der Waals surface area contributed by atoms with E-state index in [9.17, 15) is 14.0 Å². The molecule has 3 aromatic heterocycles. The molecule has 0 bridgehead atoms. The van der Waals surface area contributed by atoms with Crippen LogP contribution in [-0.2, 0) is 4.79 Å². The van der Waals surface area contributed by atoms with Crippen molar-refractivity contribution in [1.82, 2.24) is 20.3 Å². The number of nitrogens with zero attached hydrogens (tertiary/aromatic N) is 3. The minimum atomic E-state index is -1.08. The number of amides is 2. The molecule has 3 aromatic rings. The number of halogens is 1. The van der Waals surface area contributed by atoms with Crippen molar-refractivity contribution in [2.75, 3.05) is 18.1 Å². The van der Waals surface area contributed by atoms with Gasteiger partial charge in [-0.1, -0.05) is 0 Å². The third-order valence-corrected chi connectivity index (χ3v) is 5.01. The molecule has 4 rings (SSSR count). The normalized spacial score (nSPS) is 17.8. The second kappa shape index (κ2) is 7.08. The summed E-state index contributed by atoms with van der Waals surface area (Å²) in [6, 6.07) is 3.45. The average Bonchev–Trinajstić information content (AvgIpc) is 3.44. The molecule has 9 heteroatoms. The van der Waals surface area contributed by atoms with Crippen molar-refractivity contribution in [2.45, 2.75) is 19.5 Å². The zero-order valence-electron chi connectivity index (χ0n) is 15.9. The lowest BCUT2D eigenvalue weighted by atomic mass is 10.0. The van der Waals surface area contributed by atoms with Crippen molar-refractivity contribution >= 4 is 34.2 Å². The van der Waals surface area contributed by atoms with Crippen LogP contribution in [0.25, 0.3) is 22.0 Å². The number of fused-ring (bicyclic) bond motifs is 1. The highest BCUT2D eigenvalue weighted by molar-refractivity contribution is 6.00. The number of aromatic nitrogens is 3. The lowest BCUT2D eigenvalue weighted by Crippen LogP contribution is -2.19. The lowest BCUT2D eigenvalue weighted by molar-refractivity contribution is -0.117. The molecule has 29 heavy (non-hydrogen) atoms. The maximum absolute atomic E-state index is 13.1. The minimum absolute atomic E-state index is 0.244. The number of anilines is 2. The molecule has 0 aromatic carbocycles. The van der Waals surface area contributed by atoms with Crippen LogP contribution in [0.3, 0.4) is 0 Å². The molecule has 4 N–H and O–H groups in total. The molecule has 1 aliphatic rings. The first-order chi connectivity index (χ1) is 13.9. The van der Waals surface area contributed by atoms with Crippen LogP contribution in [-0.4, -0.2) is 40.0 Å². The van der Waals surface area contributed by atoms with Gasteiger partial charge in [-0.2, -0.15) is 0 Å². The van der Waals surface area contributed by atoms with E-state index in [1.165, 1.54) is 12.4 Å². The van der Waals surface area contributed by atoms with Gasteiger partial charge in [0, 0.05) is 36.6 Å². The van der Waals surface area contributed by atoms with Gasteiger partial charge in [0.2, 0.25) is 5.91 Å². The fourth-order valence-electron chi connectivity index (χ4n) is 3.18. The van der Waals surface area contributed by atoms with Crippen LogP contribution in [0.1, 0.15) is 22.3 Å². The highest BCUT2D eigenvalue weighted by Crippen LogP contribution is 2.35. The second-order valence-electron chi connectivity index (χ2n) is 6.97. The number of nitrogen functional groups attached to an aromatic ring is 1. The minimum Gasteiger partial charge on any atom is -0.383 e. The van der Waals surface area contributed by atoms with Gasteiger partial charge in [0.15, 0.2) is 0 Å². The van der Waals surface area contributed by atoms with Gasteiger partial charge < -0.3 is 16.4 Å². The summed E-state index contributed by atoms with van der Waals surface area (Å²) in [5, 5.41) is 6.54. The predicted molar refractivity (Wildman–Crippen MR) is 107 cm³/mol. The molecular weight excluding hydrogens is 375 g/mol. The smallest absolute Gasteiger partial charge is 0.252 e. The number of carbonyl (C=O) groups is 2. The van der Waals surface area contributed by atoms with Crippen molar-refractivity contribution in [1.29, 1.82) is 0 Å². The second-order valence-corrected chi connectivity index (χ2v) is 6.97. The van der Waals surface area contributed by atoms with Crippen LogP contribution in [0.4, 0.5) is 16.0 Å². The van der Waals surface area contributed by atoms with Crippen molar-refractivity contribution < 1.29 is 14.0 Å². The summed E-state index contributed by atoms with van der Waals surface area (Å²) < 4.78 is 13.1. The largest absolute Gasteiger partial charge is 0.383 e. The summed E-state index contributed by atoms with van der Waals surface area (Å²) in [4.78, 5) is 36.8. The van der Waals surface area contributed by atoms with Crippen LogP contribution in [0.2, 0.25) is 0 Å². The zero-order valence-corrected chi connectivity index (χ0v) is 15.9. The Balaban J connectivity index is 1.74. The number of rotatable bonds is 4. The Hall–Kier alpha value is -3.62. The topological polar surface area (TPSA) is 123 Å². The van der Waals surface area contributed by atoms with E-state index in [-0.39, 0.29) is 24.1 Å². The summed E-state index contributed by atoms with van der Waals surface area (Å²) in [7, 11) is 1.55. The van der Waals surface area contributed by atoms with E-state index >= 15 is 0 Å². The standard InChI is InChI=1S/C20H19FN6O2/c1-9-12(6-24-7-13(9)19(28)23-2)16-3-10-4-17(25-8-14(10)18(22)26-16)27-20(29)11-5-15(11)21/h3-4,6-8,11,15H,5H2,1-2H3,(H2,22,26)(H,23,28)(H,25,27,29)/t11-,15+/m1/s1. The van der Waals surface area contributed by atoms with Crippen molar-refractivity contribution in [3.8, 4) is 11.3 Å². The monoisotopic (exact) mass is 394 g/mol. The van der Waals surface area contributed by atoms with Crippen LogP contribution in [0, 0.1) is 12.8 Å². The molecule has 8 nitrogen and oxygen atoms in total. The molecule has 1 saturated carbocycles. The molecule has 1 aliphatic carbocycles. The summed E-state index contributed by atoms with van der Waals surface area (Å²) in [6.45, 7) is 1.81. The SMILES string of the molecule is CNC(=O)c1cncc(-c2cc3cc(NC(=O)[C@@H]4C[C@@H]4F)ncc3c(N)n2)c1C. The van der Waals surface area contributed by atoms with E-state index in [1.807, 2.05) is 6.92 Å². The molecule has 0 saturated heterocycles. The van der Waals surface area contributed by atoms with E-state index in [1.54, 1.807) is 25.4 Å². The molecular formula is C20H19FN6O2. The molecule has 148 valence electrons. The fourth-order valence-corrected chi connectivity index (χ4v) is 3.18. The third kappa shape index (κ3) is 3.46. The number of carbonyl (C=O) groups excluding carboxylic acids is 2. The summed E-state index contributed by atoms with van der Waals surface area (Å²) in [6.07, 6.45) is 3.80. The summed E-state index contributed by atoms with van der Waals surface area (Å²) in [5.41, 5.74) is 8.48. The zero-order chi connectivity index (χ0) is 20.7.